The van der Waals surface area contributed by atoms with Gasteiger partial charge in [0.15, 0.2) is 0 Å². The molecule has 72 heavy (non-hydrogen) atoms. The molecule has 0 fully saturated rings. The first-order valence-electron chi connectivity index (χ1n) is 25.0. The normalized spacial score (nSPS) is 14.0. The van der Waals surface area contributed by atoms with Gasteiger partial charge >= 0.3 is 0 Å². The molecule has 0 amide bonds. The molecule has 0 N–H and O–H groups in total. The van der Waals surface area contributed by atoms with E-state index in [0.29, 0.717) is 0 Å². The van der Waals surface area contributed by atoms with Crippen LogP contribution in [-0.4, -0.2) is 4.57 Å². The Morgan fingerprint density at radius 1 is 0.278 bits per heavy atom. The molecule has 12 aromatic rings. The molecule has 0 spiro atoms. The first-order chi connectivity index (χ1) is 35.7. The first-order valence-corrected chi connectivity index (χ1v) is 25.0. The highest BCUT2D eigenvalue weighted by Crippen LogP contribution is 2.70. The molecule has 0 atom stereocenters. The van der Waals surface area contributed by atoms with Crippen LogP contribution in [0.3, 0.4) is 0 Å². The van der Waals surface area contributed by atoms with E-state index in [2.05, 4.69) is 301 Å². The maximum absolute atomic E-state index is 2.53. The molecule has 11 aromatic carbocycles. The number of rotatable bonds is 9. The molecule has 0 bridgehead atoms. The van der Waals surface area contributed by atoms with E-state index >= 15 is 0 Å². The van der Waals surface area contributed by atoms with E-state index in [1.165, 1.54) is 88.6 Å². The summed E-state index contributed by atoms with van der Waals surface area (Å²) >= 11 is 0. The number of allylic oxidation sites excluding steroid dienone is 2. The van der Waals surface area contributed by atoms with Gasteiger partial charge in [-0.2, -0.15) is 0 Å². The summed E-state index contributed by atoms with van der Waals surface area (Å²) in [7, 11) is 0. The van der Waals surface area contributed by atoms with Gasteiger partial charge in [-0.05, 0) is 127 Å². The molecule has 2 aliphatic carbocycles. The van der Waals surface area contributed by atoms with E-state index in [1.54, 1.807) is 0 Å². The van der Waals surface area contributed by atoms with Crippen molar-refractivity contribution < 1.29 is 0 Å². The smallest absolute Gasteiger partial charge is 0.0717 e. The Kier molecular flexibility index (Phi) is 9.69. The minimum absolute atomic E-state index is 0.610. The Labute approximate surface area is 420 Å². The summed E-state index contributed by atoms with van der Waals surface area (Å²) in [5.41, 5.74) is 20.6. The Morgan fingerprint density at radius 2 is 0.694 bits per heavy atom. The van der Waals surface area contributed by atoms with E-state index < -0.39 is 10.8 Å². The standard InChI is InChI=1S/C70H48N2/c1-7-23-49(24-8-1)50-39-41-56(42-40-50)71(57-44-46-66-62(47-57)59-35-20-22-38-65(59)72(66)55-33-17-6-18-34-55)58-43-45-61-64(48-58)70(53-29-13-4-14-30-53,54-31-15-5-16-32-54)67-60-36-19-21-37-63(60)69(68(61)67,51-25-9-2-10-26-51)52-27-11-3-12-28-52/h1-48H. The summed E-state index contributed by atoms with van der Waals surface area (Å²) < 4.78 is 2.40. The number of hydrogen-bond donors (Lipinski definition) is 0. The lowest BCUT2D eigenvalue weighted by Gasteiger charge is -2.38. The Bertz CT molecular complexity index is 3910. The van der Waals surface area contributed by atoms with Crippen LogP contribution in [-0.2, 0) is 10.8 Å². The van der Waals surface area contributed by atoms with Crippen LogP contribution in [0.15, 0.2) is 291 Å². The second-order valence-corrected chi connectivity index (χ2v) is 19.1. The minimum atomic E-state index is -0.694. The van der Waals surface area contributed by atoms with Crippen LogP contribution in [0.2, 0.25) is 0 Å². The molecule has 2 aliphatic rings. The Balaban J connectivity index is 1.08. The fourth-order valence-electron chi connectivity index (χ4n) is 12.7. The molecule has 1 heterocycles. The van der Waals surface area contributed by atoms with Crippen molar-refractivity contribution in [2.45, 2.75) is 10.8 Å². The number of benzene rings is 11. The number of hydrogen-bond acceptors (Lipinski definition) is 1. The number of nitrogens with zero attached hydrogens (tertiary/aromatic N) is 2. The minimum Gasteiger partial charge on any atom is -0.310 e. The summed E-state index contributed by atoms with van der Waals surface area (Å²) in [6.07, 6.45) is 0. The summed E-state index contributed by atoms with van der Waals surface area (Å²) in [6, 6.07) is 108. The molecule has 2 nitrogen and oxygen atoms in total. The van der Waals surface area contributed by atoms with E-state index in [9.17, 15) is 0 Å². The lowest BCUT2D eigenvalue weighted by atomic mass is 9.64. The SMILES string of the molecule is c1ccc(-c2ccc(N(c3ccc4c(c3)C(c3ccccc3)(c3ccccc3)C3=C4C(c4ccccc4)(c4ccccc4)c4ccccc43)c3ccc4c(c3)c3ccccc3n4-c3ccccc3)cc2)cc1. The van der Waals surface area contributed by atoms with Crippen molar-refractivity contribution in [2.75, 3.05) is 4.90 Å². The third-order valence-electron chi connectivity index (χ3n) is 15.5. The fourth-order valence-corrected chi connectivity index (χ4v) is 12.7. The molecule has 0 radical (unpaired) electrons. The van der Waals surface area contributed by atoms with Crippen LogP contribution in [0.5, 0.6) is 0 Å². The van der Waals surface area contributed by atoms with Gasteiger partial charge in [0.05, 0.1) is 21.9 Å². The highest BCUT2D eigenvalue weighted by atomic mass is 15.1. The average molecular weight is 917 g/mol. The van der Waals surface area contributed by atoms with Gasteiger partial charge in [0, 0.05) is 33.5 Å². The van der Waals surface area contributed by atoms with E-state index in [0.717, 1.165) is 22.7 Å². The van der Waals surface area contributed by atoms with Crippen LogP contribution >= 0.6 is 0 Å². The molecule has 0 unspecified atom stereocenters. The molecule has 0 saturated carbocycles. The maximum atomic E-state index is 2.53. The lowest BCUT2D eigenvalue weighted by Crippen LogP contribution is -2.30. The summed E-state index contributed by atoms with van der Waals surface area (Å²) in [6.45, 7) is 0. The predicted octanol–water partition coefficient (Wildman–Crippen LogP) is 17.5. The van der Waals surface area contributed by atoms with Gasteiger partial charge in [0.25, 0.3) is 0 Å². The summed E-state index contributed by atoms with van der Waals surface area (Å²) in [4.78, 5) is 2.48. The molecular formula is C70H48N2. The van der Waals surface area contributed by atoms with Gasteiger partial charge in [-0.1, -0.05) is 231 Å². The number of aromatic nitrogens is 1. The van der Waals surface area contributed by atoms with Gasteiger partial charge in [-0.25, -0.2) is 0 Å². The zero-order valence-corrected chi connectivity index (χ0v) is 39.6. The van der Waals surface area contributed by atoms with Crippen LogP contribution < -0.4 is 4.90 Å². The third-order valence-corrected chi connectivity index (χ3v) is 15.5. The second-order valence-electron chi connectivity index (χ2n) is 19.1. The van der Waals surface area contributed by atoms with Crippen molar-refractivity contribution in [1.82, 2.24) is 4.57 Å². The van der Waals surface area contributed by atoms with E-state index in [4.69, 9.17) is 0 Å². The molecule has 0 aliphatic heterocycles. The number of fused-ring (bicyclic) bond motifs is 7. The van der Waals surface area contributed by atoms with Gasteiger partial charge in [0.2, 0.25) is 0 Å². The van der Waals surface area contributed by atoms with Gasteiger partial charge in [0.1, 0.15) is 0 Å². The van der Waals surface area contributed by atoms with Crippen LogP contribution in [0.25, 0.3) is 49.8 Å². The first kappa shape index (κ1) is 41.7. The Morgan fingerprint density at radius 3 is 1.29 bits per heavy atom. The average Bonchev–Trinajstić information content (AvgIpc) is 4.09. The summed E-state index contributed by atoms with van der Waals surface area (Å²) in [5, 5.41) is 2.42. The highest BCUT2D eigenvalue weighted by molar-refractivity contribution is 6.16. The van der Waals surface area contributed by atoms with Crippen molar-refractivity contribution in [3.8, 4) is 16.8 Å². The van der Waals surface area contributed by atoms with Crippen molar-refractivity contribution in [3.63, 3.8) is 0 Å². The van der Waals surface area contributed by atoms with Crippen molar-refractivity contribution >= 4 is 50.0 Å². The molecule has 1 aromatic heterocycles. The number of para-hydroxylation sites is 2. The zero-order valence-electron chi connectivity index (χ0n) is 39.6. The molecule has 2 heteroatoms. The third kappa shape index (κ3) is 6.09. The number of anilines is 3. The predicted molar refractivity (Wildman–Crippen MR) is 300 cm³/mol. The molecule has 0 saturated heterocycles. The topological polar surface area (TPSA) is 8.17 Å². The van der Waals surface area contributed by atoms with Crippen molar-refractivity contribution in [1.29, 1.82) is 0 Å². The van der Waals surface area contributed by atoms with E-state index in [1.807, 2.05) is 0 Å². The van der Waals surface area contributed by atoms with Gasteiger partial charge in [-0.15, -0.1) is 0 Å². The highest BCUT2D eigenvalue weighted by Gasteiger charge is 2.59. The maximum Gasteiger partial charge on any atom is 0.0717 e. The van der Waals surface area contributed by atoms with Gasteiger partial charge < -0.3 is 9.47 Å². The second kappa shape index (κ2) is 16.7. The largest absolute Gasteiger partial charge is 0.310 e. The van der Waals surface area contributed by atoms with E-state index in [-0.39, 0.29) is 0 Å². The van der Waals surface area contributed by atoms with Crippen LogP contribution in [0.1, 0.15) is 44.5 Å². The Hall–Kier alpha value is -9.24. The molecular weight excluding hydrogens is 869 g/mol. The quantitative estimate of drug-likeness (QED) is 0.140. The van der Waals surface area contributed by atoms with Crippen molar-refractivity contribution in [2.24, 2.45) is 0 Å². The van der Waals surface area contributed by atoms with Crippen LogP contribution in [0.4, 0.5) is 17.1 Å². The zero-order chi connectivity index (χ0) is 47.6. The molecule has 14 rings (SSSR count). The van der Waals surface area contributed by atoms with Crippen molar-refractivity contribution in [3.05, 3.63) is 336 Å². The van der Waals surface area contributed by atoms with Gasteiger partial charge in [-0.3, -0.25) is 0 Å². The monoisotopic (exact) mass is 916 g/mol. The fraction of sp³-hybridized carbons (Fsp3) is 0.0286. The summed E-state index contributed by atoms with van der Waals surface area (Å²) in [5.74, 6) is 0. The molecule has 338 valence electrons. The lowest BCUT2D eigenvalue weighted by molar-refractivity contribution is 0.800. The van der Waals surface area contributed by atoms with Crippen LogP contribution in [0, 0.1) is 0 Å².